The molecule has 27 heavy (non-hydrogen) atoms. The van der Waals surface area contributed by atoms with Gasteiger partial charge in [-0.3, -0.25) is 9.89 Å². The topological polar surface area (TPSA) is 88.6 Å². The number of methoxy groups -OCH3 is 1. The molecule has 0 spiro atoms. The van der Waals surface area contributed by atoms with E-state index in [-0.39, 0.29) is 0 Å². The average molecular weight is 364 g/mol. The van der Waals surface area contributed by atoms with Gasteiger partial charge in [-0.1, -0.05) is 24.3 Å². The van der Waals surface area contributed by atoms with Gasteiger partial charge in [0.15, 0.2) is 0 Å². The number of hydrogen-bond acceptors (Lipinski definition) is 5. The summed E-state index contributed by atoms with van der Waals surface area (Å²) in [6, 6.07) is 16.6. The van der Waals surface area contributed by atoms with E-state index in [4.69, 9.17) is 9.47 Å². The summed E-state index contributed by atoms with van der Waals surface area (Å²) in [5.74, 6) is 0.994. The van der Waals surface area contributed by atoms with E-state index in [1.165, 1.54) is 0 Å². The highest BCUT2D eigenvalue weighted by Gasteiger charge is 2.13. The van der Waals surface area contributed by atoms with Crippen LogP contribution in [0, 0.1) is 0 Å². The molecule has 3 aromatic rings. The Kier molecular flexibility index (Phi) is 5.84. The molecule has 2 aromatic carbocycles. The van der Waals surface area contributed by atoms with Gasteiger partial charge in [0.2, 0.25) is 0 Å². The van der Waals surface area contributed by atoms with Gasteiger partial charge in [-0.2, -0.15) is 10.2 Å². The molecule has 0 aliphatic heterocycles. The molecule has 0 aliphatic rings. The number of rotatable bonds is 7. The van der Waals surface area contributed by atoms with E-state index in [1.807, 2.05) is 55.5 Å². The normalized spacial score (nSPS) is 10.7. The van der Waals surface area contributed by atoms with Crippen LogP contribution in [0.25, 0.3) is 11.3 Å². The van der Waals surface area contributed by atoms with Crippen LogP contribution < -0.4 is 14.9 Å². The van der Waals surface area contributed by atoms with Gasteiger partial charge in [0.25, 0.3) is 5.91 Å². The Hall–Kier alpha value is -3.61. The van der Waals surface area contributed by atoms with E-state index in [1.54, 1.807) is 19.4 Å². The van der Waals surface area contributed by atoms with Gasteiger partial charge in [-0.05, 0) is 37.3 Å². The number of carbonyl (C=O) groups is 1. The Balaban J connectivity index is 1.70. The molecule has 0 unspecified atom stereocenters. The Morgan fingerprint density at radius 1 is 1.19 bits per heavy atom. The molecule has 0 saturated carbocycles. The molecule has 3 rings (SSSR count). The minimum Gasteiger partial charge on any atom is -0.496 e. The summed E-state index contributed by atoms with van der Waals surface area (Å²) in [6.45, 7) is 2.46. The van der Waals surface area contributed by atoms with E-state index >= 15 is 0 Å². The van der Waals surface area contributed by atoms with Crippen LogP contribution in [-0.2, 0) is 0 Å². The lowest BCUT2D eigenvalue weighted by Crippen LogP contribution is -2.18. The van der Waals surface area contributed by atoms with Crippen molar-refractivity contribution in [2.45, 2.75) is 6.92 Å². The van der Waals surface area contributed by atoms with Crippen LogP contribution in [0.5, 0.6) is 11.5 Å². The molecule has 7 heteroatoms. The second-order valence-corrected chi connectivity index (χ2v) is 5.54. The minimum absolute atomic E-state index is 0.297. The van der Waals surface area contributed by atoms with Gasteiger partial charge in [-0.15, -0.1) is 0 Å². The highest BCUT2D eigenvalue weighted by atomic mass is 16.5. The molecule has 1 amide bonds. The van der Waals surface area contributed by atoms with Crippen molar-refractivity contribution in [2.75, 3.05) is 13.7 Å². The summed E-state index contributed by atoms with van der Waals surface area (Å²) in [4.78, 5) is 12.3. The van der Waals surface area contributed by atoms with Crippen molar-refractivity contribution in [3.05, 3.63) is 65.9 Å². The lowest BCUT2D eigenvalue weighted by atomic mass is 10.1. The molecule has 0 atom stereocenters. The minimum atomic E-state index is -0.395. The van der Waals surface area contributed by atoms with E-state index in [0.717, 1.165) is 11.1 Å². The number of carbonyl (C=O) groups excluding carboxylic acids is 1. The Morgan fingerprint density at radius 2 is 1.93 bits per heavy atom. The highest BCUT2D eigenvalue weighted by Crippen LogP contribution is 2.28. The van der Waals surface area contributed by atoms with Crippen molar-refractivity contribution in [1.29, 1.82) is 0 Å². The van der Waals surface area contributed by atoms with Gasteiger partial charge in [0.05, 0.1) is 25.6 Å². The first-order valence-corrected chi connectivity index (χ1v) is 8.47. The summed E-state index contributed by atoms with van der Waals surface area (Å²) in [6.07, 6.45) is 1.54. The first kappa shape index (κ1) is 18.2. The van der Waals surface area contributed by atoms with Crippen LogP contribution in [0.15, 0.2) is 59.7 Å². The predicted octanol–water partition coefficient (Wildman–Crippen LogP) is 3.25. The first-order valence-electron chi connectivity index (χ1n) is 8.47. The molecular formula is C20H20N4O3. The summed E-state index contributed by atoms with van der Waals surface area (Å²) >= 11 is 0. The first-order chi connectivity index (χ1) is 13.2. The number of hydrazone groups is 1. The SMILES string of the molecule is CCOc1ccccc1/C=N\NC(=O)c1cc(-c2ccccc2OC)n[nH]1. The van der Waals surface area contributed by atoms with Crippen molar-refractivity contribution in [2.24, 2.45) is 5.10 Å². The number of benzene rings is 2. The fourth-order valence-electron chi connectivity index (χ4n) is 2.53. The number of aromatic amines is 1. The van der Waals surface area contributed by atoms with Crippen LogP contribution in [0.4, 0.5) is 0 Å². The molecule has 0 radical (unpaired) electrons. The molecule has 138 valence electrons. The van der Waals surface area contributed by atoms with Crippen molar-refractivity contribution >= 4 is 12.1 Å². The van der Waals surface area contributed by atoms with Gasteiger partial charge >= 0.3 is 0 Å². The standard InChI is InChI=1S/C20H20N4O3/c1-3-27-18-10-6-4-8-14(18)13-21-24-20(25)17-12-16(22-23-17)15-9-5-7-11-19(15)26-2/h4-13H,3H2,1-2H3,(H,22,23)(H,24,25)/b21-13-. The van der Waals surface area contributed by atoms with Crippen molar-refractivity contribution in [1.82, 2.24) is 15.6 Å². The second kappa shape index (κ2) is 8.66. The summed E-state index contributed by atoms with van der Waals surface area (Å²) < 4.78 is 10.8. The number of hydrogen-bond donors (Lipinski definition) is 2. The maximum atomic E-state index is 12.3. The lowest BCUT2D eigenvalue weighted by Gasteiger charge is -2.05. The number of para-hydroxylation sites is 2. The van der Waals surface area contributed by atoms with Crippen LogP contribution >= 0.6 is 0 Å². The number of ether oxygens (including phenoxy) is 2. The van der Waals surface area contributed by atoms with E-state index in [0.29, 0.717) is 29.5 Å². The molecule has 0 fully saturated rings. The molecule has 2 N–H and O–H groups in total. The van der Waals surface area contributed by atoms with Gasteiger partial charge in [0.1, 0.15) is 17.2 Å². The number of H-pyrrole nitrogens is 1. The Labute approximate surface area is 157 Å². The molecule has 0 aliphatic carbocycles. The molecule has 1 heterocycles. The van der Waals surface area contributed by atoms with Gasteiger partial charge < -0.3 is 9.47 Å². The lowest BCUT2D eigenvalue weighted by molar-refractivity contribution is 0.0950. The summed E-state index contributed by atoms with van der Waals surface area (Å²) in [7, 11) is 1.59. The Morgan fingerprint density at radius 3 is 2.70 bits per heavy atom. The summed E-state index contributed by atoms with van der Waals surface area (Å²) in [5.41, 5.74) is 4.97. The smallest absolute Gasteiger partial charge is 0.289 e. The molecular weight excluding hydrogens is 344 g/mol. The van der Waals surface area contributed by atoms with Crippen molar-refractivity contribution in [3.8, 4) is 22.8 Å². The van der Waals surface area contributed by atoms with Crippen molar-refractivity contribution in [3.63, 3.8) is 0 Å². The molecule has 0 bridgehead atoms. The summed E-state index contributed by atoms with van der Waals surface area (Å²) in [5, 5.41) is 10.9. The molecule has 1 aromatic heterocycles. The third-order valence-electron chi connectivity index (χ3n) is 3.79. The zero-order valence-corrected chi connectivity index (χ0v) is 15.1. The fourth-order valence-corrected chi connectivity index (χ4v) is 2.53. The highest BCUT2D eigenvalue weighted by molar-refractivity contribution is 5.94. The third-order valence-corrected chi connectivity index (χ3v) is 3.79. The molecule has 0 saturated heterocycles. The maximum absolute atomic E-state index is 12.3. The van der Waals surface area contributed by atoms with Crippen molar-refractivity contribution < 1.29 is 14.3 Å². The molecule has 7 nitrogen and oxygen atoms in total. The number of nitrogens with one attached hydrogen (secondary N) is 2. The quantitative estimate of drug-likeness (QED) is 0.497. The van der Waals surface area contributed by atoms with Crippen LogP contribution in [0.2, 0.25) is 0 Å². The van der Waals surface area contributed by atoms with Crippen LogP contribution in [0.3, 0.4) is 0 Å². The zero-order valence-electron chi connectivity index (χ0n) is 15.1. The predicted molar refractivity (Wildman–Crippen MR) is 103 cm³/mol. The number of aromatic nitrogens is 2. The largest absolute Gasteiger partial charge is 0.496 e. The Bertz CT molecular complexity index is 950. The maximum Gasteiger partial charge on any atom is 0.289 e. The third kappa shape index (κ3) is 4.33. The second-order valence-electron chi connectivity index (χ2n) is 5.54. The van der Waals surface area contributed by atoms with E-state index in [9.17, 15) is 4.79 Å². The number of amides is 1. The van der Waals surface area contributed by atoms with Gasteiger partial charge in [-0.25, -0.2) is 5.43 Å². The zero-order chi connectivity index (χ0) is 19.1. The number of nitrogens with zero attached hydrogens (tertiary/aromatic N) is 2. The van der Waals surface area contributed by atoms with Gasteiger partial charge in [0, 0.05) is 11.1 Å². The van der Waals surface area contributed by atoms with Crippen LogP contribution in [-0.4, -0.2) is 36.0 Å². The average Bonchev–Trinajstić information content (AvgIpc) is 3.19. The van der Waals surface area contributed by atoms with E-state index in [2.05, 4.69) is 20.7 Å². The fraction of sp³-hybridized carbons (Fsp3) is 0.150. The monoisotopic (exact) mass is 364 g/mol. The van der Waals surface area contributed by atoms with Crippen LogP contribution in [0.1, 0.15) is 23.0 Å². The van der Waals surface area contributed by atoms with E-state index < -0.39 is 5.91 Å².